The summed E-state index contributed by atoms with van der Waals surface area (Å²) in [6.07, 6.45) is 1.42. The summed E-state index contributed by atoms with van der Waals surface area (Å²) in [7, 11) is 0. The van der Waals surface area contributed by atoms with Crippen molar-refractivity contribution >= 4 is 17.6 Å². The van der Waals surface area contributed by atoms with Gasteiger partial charge in [0.2, 0.25) is 5.91 Å². The molecular weight excluding hydrogens is 222 g/mol. The molecule has 1 aromatic rings. The molecule has 1 saturated heterocycles. The lowest BCUT2D eigenvalue weighted by molar-refractivity contribution is -0.141. The number of carboxylic acids is 1. The van der Waals surface area contributed by atoms with Crippen LogP contribution in [0.5, 0.6) is 0 Å². The Bertz CT molecular complexity index is 521. The Labute approximate surface area is 97.1 Å². The van der Waals surface area contributed by atoms with Gasteiger partial charge >= 0.3 is 5.97 Å². The SMILES string of the molecule is N#Cc1ncccc1N1CC(C(=O)O)CC1=O. The number of pyridine rings is 1. The highest BCUT2D eigenvalue weighted by Gasteiger charge is 2.36. The molecule has 0 bridgehead atoms. The molecule has 2 rings (SSSR count). The minimum atomic E-state index is -0.997. The first-order chi connectivity index (χ1) is 8.13. The molecule has 1 aliphatic rings. The first-order valence-electron chi connectivity index (χ1n) is 5.01. The fraction of sp³-hybridized carbons (Fsp3) is 0.273. The summed E-state index contributed by atoms with van der Waals surface area (Å²) in [5.74, 6) is -2.00. The minimum Gasteiger partial charge on any atom is -0.481 e. The lowest BCUT2D eigenvalue weighted by Crippen LogP contribution is -2.26. The van der Waals surface area contributed by atoms with Crippen molar-refractivity contribution in [3.05, 3.63) is 24.0 Å². The largest absolute Gasteiger partial charge is 0.481 e. The van der Waals surface area contributed by atoms with Gasteiger partial charge in [0.25, 0.3) is 0 Å². The number of aromatic nitrogens is 1. The van der Waals surface area contributed by atoms with E-state index in [1.807, 2.05) is 6.07 Å². The molecule has 1 N–H and O–H groups in total. The van der Waals surface area contributed by atoms with Crippen molar-refractivity contribution in [1.82, 2.24) is 4.98 Å². The van der Waals surface area contributed by atoms with Crippen molar-refractivity contribution in [2.75, 3.05) is 11.4 Å². The third-order valence-electron chi connectivity index (χ3n) is 2.66. The molecule has 1 fully saturated rings. The third-order valence-corrected chi connectivity index (χ3v) is 2.66. The molecular formula is C11H9N3O3. The number of hydrogen-bond acceptors (Lipinski definition) is 4. The van der Waals surface area contributed by atoms with E-state index in [-0.39, 0.29) is 24.6 Å². The van der Waals surface area contributed by atoms with E-state index in [4.69, 9.17) is 10.4 Å². The summed E-state index contributed by atoms with van der Waals surface area (Å²) < 4.78 is 0. The molecule has 0 spiro atoms. The van der Waals surface area contributed by atoms with E-state index in [0.29, 0.717) is 5.69 Å². The zero-order valence-corrected chi connectivity index (χ0v) is 8.83. The van der Waals surface area contributed by atoms with Gasteiger partial charge in [-0.25, -0.2) is 4.98 Å². The van der Waals surface area contributed by atoms with Crippen molar-refractivity contribution < 1.29 is 14.7 Å². The zero-order chi connectivity index (χ0) is 12.4. The molecule has 17 heavy (non-hydrogen) atoms. The second kappa shape index (κ2) is 4.22. The van der Waals surface area contributed by atoms with Crippen LogP contribution in [0.1, 0.15) is 12.1 Å². The Morgan fingerprint density at radius 1 is 1.65 bits per heavy atom. The summed E-state index contributed by atoms with van der Waals surface area (Å²) in [6, 6.07) is 5.08. The van der Waals surface area contributed by atoms with Crippen LogP contribution in [0.15, 0.2) is 18.3 Å². The molecule has 0 aromatic carbocycles. The molecule has 2 heterocycles. The Kier molecular flexibility index (Phi) is 2.75. The molecule has 0 aliphatic carbocycles. The topological polar surface area (TPSA) is 94.3 Å². The lowest BCUT2D eigenvalue weighted by atomic mass is 10.1. The molecule has 1 atom stereocenters. The zero-order valence-electron chi connectivity index (χ0n) is 8.83. The fourth-order valence-electron chi connectivity index (χ4n) is 1.81. The van der Waals surface area contributed by atoms with Crippen LogP contribution in [0, 0.1) is 17.2 Å². The number of anilines is 1. The van der Waals surface area contributed by atoms with Crippen LogP contribution in [0.2, 0.25) is 0 Å². The molecule has 0 saturated carbocycles. The predicted octanol–water partition coefficient (Wildman–Crippen LogP) is 0.391. The molecule has 1 aliphatic heterocycles. The lowest BCUT2D eigenvalue weighted by Gasteiger charge is -2.16. The quantitative estimate of drug-likeness (QED) is 0.794. The van der Waals surface area contributed by atoms with Gasteiger partial charge in [0.15, 0.2) is 5.69 Å². The molecule has 1 unspecified atom stereocenters. The Morgan fingerprint density at radius 3 is 3.00 bits per heavy atom. The predicted molar refractivity (Wildman–Crippen MR) is 57.0 cm³/mol. The van der Waals surface area contributed by atoms with Gasteiger partial charge in [0.05, 0.1) is 11.6 Å². The van der Waals surface area contributed by atoms with Crippen LogP contribution < -0.4 is 4.90 Å². The number of amides is 1. The Morgan fingerprint density at radius 2 is 2.41 bits per heavy atom. The van der Waals surface area contributed by atoms with Gasteiger partial charge in [-0.15, -0.1) is 0 Å². The maximum Gasteiger partial charge on any atom is 0.308 e. The van der Waals surface area contributed by atoms with Gasteiger partial charge in [-0.3, -0.25) is 9.59 Å². The van der Waals surface area contributed by atoms with E-state index >= 15 is 0 Å². The van der Waals surface area contributed by atoms with Crippen LogP contribution in [0.4, 0.5) is 5.69 Å². The van der Waals surface area contributed by atoms with Crippen LogP contribution in [-0.2, 0) is 9.59 Å². The molecule has 1 amide bonds. The van der Waals surface area contributed by atoms with Crippen molar-refractivity contribution in [2.24, 2.45) is 5.92 Å². The van der Waals surface area contributed by atoms with Crippen LogP contribution in [0.3, 0.4) is 0 Å². The second-order valence-corrected chi connectivity index (χ2v) is 3.73. The summed E-state index contributed by atoms with van der Waals surface area (Å²) >= 11 is 0. The average molecular weight is 231 g/mol. The summed E-state index contributed by atoms with van der Waals surface area (Å²) in [5.41, 5.74) is 0.510. The first-order valence-corrected chi connectivity index (χ1v) is 5.01. The minimum absolute atomic E-state index is 0.0326. The van der Waals surface area contributed by atoms with Crippen molar-refractivity contribution in [1.29, 1.82) is 5.26 Å². The smallest absolute Gasteiger partial charge is 0.308 e. The van der Waals surface area contributed by atoms with E-state index in [1.165, 1.54) is 11.1 Å². The molecule has 86 valence electrons. The van der Waals surface area contributed by atoms with Crippen LogP contribution in [0.25, 0.3) is 0 Å². The number of carboxylic acid groups (broad SMARTS) is 1. The van der Waals surface area contributed by atoms with Gasteiger partial charge in [0, 0.05) is 19.2 Å². The maximum atomic E-state index is 11.7. The van der Waals surface area contributed by atoms with Gasteiger partial charge in [-0.05, 0) is 12.1 Å². The fourth-order valence-corrected chi connectivity index (χ4v) is 1.81. The van der Waals surface area contributed by atoms with Crippen molar-refractivity contribution in [2.45, 2.75) is 6.42 Å². The highest BCUT2D eigenvalue weighted by molar-refractivity contribution is 5.99. The number of rotatable bonds is 2. The highest BCUT2D eigenvalue weighted by atomic mass is 16.4. The standard InChI is InChI=1S/C11H9N3O3/c12-5-8-9(2-1-3-13-8)14-6-7(11(16)17)4-10(14)15/h1-3,7H,4,6H2,(H,16,17). The number of carbonyl (C=O) groups is 2. The number of hydrogen-bond donors (Lipinski definition) is 1. The van der Waals surface area contributed by atoms with Crippen LogP contribution >= 0.6 is 0 Å². The van der Waals surface area contributed by atoms with Crippen molar-refractivity contribution in [3.63, 3.8) is 0 Å². The van der Waals surface area contributed by atoms with Gasteiger partial charge in [-0.1, -0.05) is 0 Å². The number of nitrogens with zero attached hydrogens (tertiary/aromatic N) is 3. The Balaban J connectivity index is 2.33. The Hall–Kier alpha value is -2.42. The number of aliphatic carboxylic acids is 1. The molecule has 1 aromatic heterocycles. The van der Waals surface area contributed by atoms with E-state index < -0.39 is 11.9 Å². The third kappa shape index (κ3) is 1.95. The van der Waals surface area contributed by atoms with Gasteiger partial charge in [0.1, 0.15) is 6.07 Å². The monoisotopic (exact) mass is 231 g/mol. The average Bonchev–Trinajstić information content (AvgIpc) is 2.71. The van der Waals surface area contributed by atoms with Gasteiger partial charge in [-0.2, -0.15) is 5.26 Å². The molecule has 6 nitrogen and oxygen atoms in total. The number of nitriles is 1. The van der Waals surface area contributed by atoms with E-state index in [2.05, 4.69) is 4.98 Å². The van der Waals surface area contributed by atoms with Gasteiger partial charge < -0.3 is 10.0 Å². The van der Waals surface area contributed by atoms with E-state index in [9.17, 15) is 9.59 Å². The highest BCUT2D eigenvalue weighted by Crippen LogP contribution is 2.26. The normalized spacial score (nSPS) is 19.1. The summed E-state index contributed by atoms with van der Waals surface area (Å²) in [6.45, 7) is 0.0918. The molecule has 0 radical (unpaired) electrons. The van der Waals surface area contributed by atoms with Crippen LogP contribution in [-0.4, -0.2) is 28.5 Å². The second-order valence-electron chi connectivity index (χ2n) is 3.73. The molecule has 6 heteroatoms. The first kappa shape index (κ1) is 11.1. The van der Waals surface area contributed by atoms with E-state index in [1.54, 1.807) is 12.1 Å². The van der Waals surface area contributed by atoms with Crippen molar-refractivity contribution in [3.8, 4) is 6.07 Å². The van der Waals surface area contributed by atoms with E-state index in [0.717, 1.165) is 0 Å². The number of carbonyl (C=O) groups excluding carboxylic acids is 1. The summed E-state index contributed by atoms with van der Waals surface area (Å²) in [5, 5.41) is 17.7. The maximum absolute atomic E-state index is 11.7. The summed E-state index contributed by atoms with van der Waals surface area (Å²) in [4.78, 5) is 27.7.